The molecule has 0 bridgehead atoms. The van der Waals surface area contributed by atoms with Crippen LogP contribution in [0.2, 0.25) is 0 Å². The molecule has 6 heteroatoms. The highest BCUT2D eigenvalue weighted by Crippen LogP contribution is 2.28. The van der Waals surface area contributed by atoms with Gasteiger partial charge in [-0.25, -0.2) is 9.97 Å². The van der Waals surface area contributed by atoms with Gasteiger partial charge in [0.05, 0.1) is 0 Å². The molecule has 0 spiro atoms. The highest BCUT2D eigenvalue weighted by atomic mass is 16.1. The number of anilines is 2. The number of benzene rings is 1. The Morgan fingerprint density at radius 3 is 2.50 bits per heavy atom. The summed E-state index contributed by atoms with van der Waals surface area (Å²) in [6.45, 7) is 15.2. The lowest BCUT2D eigenvalue weighted by atomic mass is 9.98. The second-order valence-corrected chi connectivity index (χ2v) is 7.73. The van der Waals surface area contributed by atoms with Crippen LogP contribution in [-0.4, -0.2) is 53.5 Å². The molecular formula is C22H31N5O. The normalized spacial score (nSPS) is 15.1. The zero-order chi connectivity index (χ0) is 20.3. The predicted molar refractivity (Wildman–Crippen MR) is 114 cm³/mol. The number of likely N-dealkylation sites (N-methyl/N-ethyl adjacent to an activating group) is 1. The summed E-state index contributed by atoms with van der Waals surface area (Å²) >= 11 is 0. The van der Waals surface area contributed by atoms with Gasteiger partial charge in [0, 0.05) is 37.9 Å². The lowest BCUT2D eigenvalue weighted by Gasteiger charge is -2.34. The number of amides is 1. The minimum Gasteiger partial charge on any atom is -0.354 e. The summed E-state index contributed by atoms with van der Waals surface area (Å²) in [5.41, 5.74) is 3.49. The number of carbonyl (C=O) groups excluding carboxylic acids is 1. The number of aryl methyl sites for hydroxylation is 2. The van der Waals surface area contributed by atoms with E-state index in [4.69, 9.17) is 0 Å². The molecule has 2 aromatic rings. The molecule has 0 atom stereocenters. The Morgan fingerprint density at radius 1 is 1.14 bits per heavy atom. The fourth-order valence-electron chi connectivity index (χ4n) is 3.64. The lowest BCUT2D eigenvalue weighted by molar-refractivity contribution is 0.102. The van der Waals surface area contributed by atoms with Gasteiger partial charge < -0.3 is 15.1 Å². The van der Waals surface area contributed by atoms with E-state index >= 15 is 0 Å². The van der Waals surface area contributed by atoms with Crippen molar-refractivity contribution in [3.8, 4) is 0 Å². The summed E-state index contributed by atoms with van der Waals surface area (Å²) in [5.74, 6) is 1.60. The molecule has 150 valence electrons. The quantitative estimate of drug-likeness (QED) is 0.857. The maximum absolute atomic E-state index is 13.0. The van der Waals surface area contributed by atoms with Crippen LogP contribution >= 0.6 is 0 Å². The Labute approximate surface area is 168 Å². The van der Waals surface area contributed by atoms with Gasteiger partial charge in [0.1, 0.15) is 17.3 Å². The van der Waals surface area contributed by atoms with E-state index in [1.165, 1.54) is 0 Å². The van der Waals surface area contributed by atoms with Crippen molar-refractivity contribution in [1.29, 1.82) is 0 Å². The largest absolute Gasteiger partial charge is 0.354 e. The van der Waals surface area contributed by atoms with Crippen LogP contribution in [0.5, 0.6) is 0 Å². The molecule has 1 fully saturated rings. The Kier molecular flexibility index (Phi) is 6.29. The molecule has 28 heavy (non-hydrogen) atoms. The van der Waals surface area contributed by atoms with Gasteiger partial charge in [-0.2, -0.15) is 0 Å². The maximum atomic E-state index is 13.0. The summed E-state index contributed by atoms with van der Waals surface area (Å²) < 4.78 is 0. The van der Waals surface area contributed by atoms with Crippen molar-refractivity contribution in [2.45, 2.75) is 40.5 Å². The number of aromatic nitrogens is 2. The summed E-state index contributed by atoms with van der Waals surface area (Å²) in [5, 5.41) is 3.09. The third-order valence-electron chi connectivity index (χ3n) is 5.37. The first-order valence-electron chi connectivity index (χ1n) is 10.1. The van der Waals surface area contributed by atoms with Crippen LogP contribution in [0.4, 0.5) is 11.5 Å². The Balaban J connectivity index is 1.83. The van der Waals surface area contributed by atoms with Crippen molar-refractivity contribution in [3.63, 3.8) is 0 Å². The van der Waals surface area contributed by atoms with Gasteiger partial charge in [0.15, 0.2) is 0 Å². The molecule has 2 heterocycles. The number of nitrogens with one attached hydrogen (secondary N) is 1. The molecule has 6 nitrogen and oxygen atoms in total. The number of nitrogens with zero attached hydrogens (tertiary/aromatic N) is 4. The van der Waals surface area contributed by atoms with Crippen LogP contribution in [0, 0.1) is 13.8 Å². The van der Waals surface area contributed by atoms with Gasteiger partial charge >= 0.3 is 0 Å². The van der Waals surface area contributed by atoms with E-state index in [9.17, 15) is 4.79 Å². The van der Waals surface area contributed by atoms with Crippen molar-refractivity contribution in [2.24, 2.45) is 0 Å². The van der Waals surface area contributed by atoms with Gasteiger partial charge in [-0.1, -0.05) is 39.0 Å². The highest BCUT2D eigenvalue weighted by Gasteiger charge is 2.20. The molecule has 1 saturated heterocycles. The van der Waals surface area contributed by atoms with Crippen LogP contribution in [-0.2, 0) is 0 Å². The van der Waals surface area contributed by atoms with E-state index in [2.05, 4.69) is 51.9 Å². The third-order valence-corrected chi connectivity index (χ3v) is 5.37. The van der Waals surface area contributed by atoms with E-state index in [0.717, 1.165) is 55.4 Å². The molecule has 0 aliphatic carbocycles. The molecule has 3 rings (SSSR count). The fourth-order valence-corrected chi connectivity index (χ4v) is 3.64. The molecule has 1 N–H and O–H groups in total. The van der Waals surface area contributed by atoms with E-state index < -0.39 is 0 Å². The topological polar surface area (TPSA) is 61.4 Å². The molecule has 1 aliphatic heterocycles. The van der Waals surface area contributed by atoms with Crippen molar-refractivity contribution in [3.05, 3.63) is 46.9 Å². The molecule has 1 aromatic heterocycles. The molecule has 1 amide bonds. The van der Waals surface area contributed by atoms with Gasteiger partial charge in [-0.3, -0.25) is 4.79 Å². The highest BCUT2D eigenvalue weighted by molar-refractivity contribution is 6.04. The van der Waals surface area contributed by atoms with Crippen LogP contribution in [0.1, 0.15) is 54.1 Å². The number of hydrogen-bond donors (Lipinski definition) is 1. The van der Waals surface area contributed by atoms with Crippen LogP contribution < -0.4 is 10.2 Å². The van der Waals surface area contributed by atoms with Gasteiger partial charge in [-0.05, 0) is 37.4 Å². The van der Waals surface area contributed by atoms with E-state index in [1.807, 2.05) is 32.0 Å². The van der Waals surface area contributed by atoms with Gasteiger partial charge in [-0.15, -0.1) is 0 Å². The Hall–Kier alpha value is -2.47. The average molecular weight is 382 g/mol. The molecule has 0 radical (unpaired) electrons. The summed E-state index contributed by atoms with van der Waals surface area (Å²) in [4.78, 5) is 26.6. The lowest BCUT2D eigenvalue weighted by Crippen LogP contribution is -2.46. The monoisotopic (exact) mass is 381 g/mol. The fraction of sp³-hybridized carbons (Fsp3) is 0.500. The number of piperazine rings is 1. The molecule has 0 unspecified atom stereocenters. The zero-order valence-electron chi connectivity index (χ0n) is 17.6. The SMILES string of the molecule is CCN1CCN(c2cc(C(=O)Nc3c(C)cccc3C(C)C)nc(C)n2)CC1. The average Bonchev–Trinajstić information content (AvgIpc) is 2.68. The molecule has 0 saturated carbocycles. The first-order chi connectivity index (χ1) is 13.4. The summed E-state index contributed by atoms with van der Waals surface area (Å²) in [6.07, 6.45) is 0. The number of para-hydroxylation sites is 1. The van der Waals surface area contributed by atoms with Gasteiger partial charge in [0.2, 0.25) is 0 Å². The second kappa shape index (κ2) is 8.69. The maximum Gasteiger partial charge on any atom is 0.274 e. The van der Waals surface area contributed by atoms with Gasteiger partial charge in [0.25, 0.3) is 5.91 Å². The van der Waals surface area contributed by atoms with E-state index in [0.29, 0.717) is 17.4 Å². The zero-order valence-corrected chi connectivity index (χ0v) is 17.6. The number of hydrogen-bond acceptors (Lipinski definition) is 5. The Bertz CT molecular complexity index is 841. The van der Waals surface area contributed by atoms with Crippen LogP contribution in [0.25, 0.3) is 0 Å². The Morgan fingerprint density at radius 2 is 1.86 bits per heavy atom. The minimum absolute atomic E-state index is 0.185. The predicted octanol–water partition coefficient (Wildman–Crippen LogP) is 3.61. The molecular weight excluding hydrogens is 350 g/mol. The number of rotatable bonds is 5. The summed E-state index contributed by atoms with van der Waals surface area (Å²) in [6, 6.07) is 7.93. The standard InChI is InChI=1S/C22H31N5O/c1-6-26-10-12-27(13-11-26)20-14-19(23-17(5)24-20)22(28)25-21-16(4)8-7-9-18(21)15(2)3/h7-9,14-15H,6,10-13H2,1-5H3,(H,25,28). The minimum atomic E-state index is -0.185. The third kappa shape index (κ3) is 4.50. The van der Waals surface area contributed by atoms with E-state index in [-0.39, 0.29) is 5.91 Å². The van der Waals surface area contributed by atoms with Crippen molar-refractivity contribution in [2.75, 3.05) is 42.9 Å². The van der Waals surface area contributed by atoms with Crippen molar-refractivity contribution < 1.29 is 4.79 Å². The van der Waals surface area contributed by atoms with Crippen LogP contribution in [0.3, 0.4) is 0 Å². The first kappa shape index (κ1) is 20.3. The molecule has 1 aromatic carbocycles. The molecule has 1 aliphatic rings. The summed E-state index contributed by atoms with van der Waals surface area (Å²) in [7, 11) is 0. The second-order valence-electron chi connectivity index (χ2n) is 7.73. The van der Waals surface area contributed by atoms with Crippen molar-refractivity contribution >= 4 is 17.4 Å². The van der Waals surface area contributed by atoms with Crippen molar-refractivity contribution in [1.82, 2.24) is 14.9 Å². The first-order valence-corrected chi connectivity index (χ1v) is 10.1. The number of carbonyl (C=O) groups is 1. The van der Waals surface area contributed by atoms with Crippen LogP contribution in [0.15, 0.2) is 24.3 Å². The van der Waals surface area contributed by atoms with E-state index in [1.54, 1.807) is 0 Å². The smallest absolute Gasteiger partial charge is 0.274 e.